The van der Waals surface area contributed by atoms with Gasteiger partial charge in [-0.3, -0.25) is 4.98 Å². The number of hydrogen-bond donors (Lipinski definition) is 1. The molecule has 0 bridgehead atoms. The average molecular weight is 360 g/mol. The van der Waals surface area contributed by atoms with Crippen LogP contribution in [0.1, 0.15) is 0 Å². The molecule has 0 atom stereocenters. The minimum absolute atomic E-state index is 0. The molecule has 2 aromatic rings. The van der Waals surface area contributed by atoms with E-state index in [1.807, 2.05) is 28.7 Å². The Bertz CT molecular complexity index is 478. The van der Waals surface area contributed by atoms with Crippen LogP contribution in [-0.4, -0.2) is 10.1 Å². The van der Waals surface area contributed by atoms with E-state index < -0.39 is 0 Å². The van der Waals surface area contributed by atoms with Gasteiger partial charge in [-0.2, -0.15) is 0 Å². The van der Waals surface area contributed by atoms with Crippen LogP contribution in [0.25, 0.3) is 10.9 Å². The molecule has 0 saturated carbocycles. The van der Waals surface area contributed by atoms with Crippen molar-refractivity contribution in [2.24, 2.45) is 0 Å². The smallest absolute Gasteiger partial charge is 0.155 e. The number of nitrogens with zero attached hydrogens (tertiary/aromatic N) is 1. The minimum atomic E-state index is 0. The van der Waals surface area contributed by atoms with Gasteiger partial charge in [-0.1, -0.05) is 11.6 Å². The summed E-state index contributed by atoms with van der Waals surface area (Å²) in [6, 6.07) is 5.35. The number of aromatic nitrogens is 1. The fourth-order valence-electron chi connectivity index (χ4n) is 1.16. The van der Waals surface area contributed by atoms with Crippen LogP contribution in [0.2, 0.25) is 5.02 Å². The van der Waals surface area contributed by atoms with Crippen LogP contribution in [0.5, 0.6) is 5.75 Å². The van der Waals surface area contributed by atoms with Crippen molar-refractivity contribution in [2.75, 3.05) is 0 Å². The Morgan fingerprint density at radius 1 is 1.43 bits per heavy atom. The Labute approximate surface area is 110 Å². The van der Waals surface area contributed by atoms with Gasteiger partial charge >= 0.3 is 0 Å². The SMILES string of the molecule is Oc1c(I)cc(Cl)c2cccnc12.[Mn]. The molecule has 0 amide bonds. The maximum atomic E-state index is 9.65. The van der Waals surface area contributed by atoms with Crippen LogP contribution in [-0.2, 0) is 17.1 Å². The molecule has 73 valence electrons. The van der Waals surface area contributed by atoms with Crippen LogP contribution >= 0.6 is 34.2 Å². The van der Waals surface area contributed by atoms with Crippen LogP contribution in [0.4, 0.5) is 0 Å². The van der Waals surface area contributed by atoms with Gasteiger partial charge in [0.2, 0.25) is 0 Å². The minimum Gasteiger partial charge on any atom is -0.505 e. The molecule has 1 aromatic heterocycles. The first-order valence-corrected chi connectivity index (χ1v) is 5.07. The van der Waals surface area contributed by atoms with E-state index in [0.29, 0.717) is 14.1 Å². The standard InChI is InChI=1S/C9H5ClINO.Mn/c10-6-4-7(11)9(13)8-5(6)2-1-3-12-8;/h1-4,13H;. The number of rotatable bonds is 0. The van der Waals surface area contributed by atoms with Crippen LogP contribution in [0.3, 0.4) is 0 Å². The molecule has 2 nitrogen and oxygen atoms in total. The monoisotopic (exact) mass is 360 g/mol. The number of halogens is 2. The summed E-state index contributed by atoms with van der Waals surface area (Å²) in [7, 11) is 0. The summed E-state index contributed by atoms with van der Waals surface area (Å²) < 4.78 is 0.716. The summed E-state index contributed by atoms with van der Waals surface area (Å²) in [6.45, 7) is 0. The molecular weight excluding hydrogens is 355 g/mol. The molecule has 1 radical (unpaired) electrons. The number of aromatic hydroxyl groups is 1. The van der Waals surface area contributed by atoms with Gasteiger partial charge in [0, 0.05) is 28.7 Å². The number of hydrogen-bond acceptors (Lipinski definition) is 2. The first kappa shape index (κ1) is 12.0. The van der Waals surface area contributed by atoms with E-state index in [1.165, 1.54) is 0 Å². The summed E-state index contributed by atoms with van der Waals surface area (Å²) in [4.78, 5) is 4.06. The second-order valence-corrected chi connectivity index (χ2v) is 4.16. The van der Waals surface area contributed by atoms with Crippen molar-refractivity contribution in [3.63, 3.8) is 0 Å². The largest absolute Gasteiger partial charge is 0.505 e. The number of phenolic OH excluding ortho intramolecular Hbond substituents is 1. The second-order valence-electron chi connectivity index (χ2n) is 2.59. The molecule has 2 rings (SSSR count). The van der Waals surface area contributed by atoms with Crippen molar-refractivity contribution in [2.45, 2.75) is 0 Å². The van der Waals surface area contributed by atoms with Gasteiger partial charge in [0.15, 0.2) is 5.75 Å². The predicted molar refractivity (Wildman–Crippen MR) is 61.1 cm³/mol. The summed E-state index contributed by atoms with van der Waals surface area (Å²) in [5.41, 5.74) is 0.555. The summed E-state index contributed by atoms with van der Waals surface area (Å²) >= 11 is 8.00. The molecule has 0 aliphatic heterocycles. The predicted octanol–water partition coefficient (Wildman–Crippen LogP) is 3.20. The van der Waals surface area contributed by atoms with E-state index in [2.05, 4.69) is 4.98 Å². The molecule has 1 heterocycles. The topological polar surface area (TPSA) is 33.1 Å². The van der Waals surface area contributed by atoms with E-state index in [1.54, 1.807) is 18.3 Å². The third-order valence-corrected chi connectivity index (χ3v) is 2.90. The van der Waals surface area contributed by atoms with E-state index in [9.17, 15) is 5.11 Å². The van der Waals surface area contributed by atoms with Crippen LogP contribution in [0.15, 0.2) is 24.4 Å². The van der Waals surface area contributed by atoms with Crippen molar-refractivity contribution >= 4 is 45.1 Å². The molecule has 0 aliphatic carbocycles. The molecule has 0 saturated heterocycles. The van der Waals surface area contributed by atoms with Gasteiger partial charge in [0.25, 0.3) is 0 Å². The molecule has 0 spiro atoms. The molecular formula is C9H5ClIMnNO. The normalized spacial score (nSPS) is 9.86. The average Bonchev–Trinajstić information content (AvgIpc) is 2.15. The van der Waals surface area contributed by atoms with E-state index in [-0.39, 0.29) is 22.8 Å². The number of pyridine rings is 1. The number of phenols is 1. The first-order chi connectivity index (χ1) is 6.20. The van der Waals surface area contributed by atoms with Gasteiger partial charge in [0.05, 0.1) is 8.59 Å². The Morgan fingerprint density at radius 3 is 2.86 bits per heavy atom. The zero-order valence-corrected chi connectivity index (χ0v) is 10.9. The van der Waals surface area contributed by atoms with Gasteiger partial charge < -0.3 is 5.11 Å². The van der Waals surface area contributed by atoms with Gasteiger partial charge in [-0.15, -0.1) is 0 Å². The van der Waals surface area contributed by atoms with Crippen molar-refractivity contribution in [1.82, 2.24) is 4.98 Å². The number of fused-ring (bicyclic) bond motifs is 1. The summed E-state index contributed by atoms with van der Waals surface area (Å²) in [5, 5.41) is 11.0. The van der Waals surface area contributed by atoms with Gasteiger partial charge in [0.1, 0.15) is 5.52 Å². The molecule has 0 aliphatic rings. The molecule has 14 heavy (non-hydrogen) atoms. The summed E-state index contributed by atoms with van der Waals surface area (Å²) in [6.07, 6.45) is 1.63. The fraction of sp³-hybridized carbons (Fsp3) is 0. The quantitative estimate of drug-likeness (QED) is 0.578. The second kappa shape index (κ2) is 4.66. The van der Waals surface area contributed by atoms with Gasteiger partial charge in [-0.05, 0) is 40.8 Å². The number of benzene rings is 1. The fourth-order valence-corrected chi connectivity index (χ4v) is 2.17. The van der Waals surface area contributed by atoms with Crippen LogP contribution < -0.4 is 0 Å². The van der Waals surface area contributed by atoms with E-state index in [0.717, 1.165) is 5.39 Å². The van der Waals surface area contributed by atoms with E-state index >= 15 is 0 Å². The Balaban J connectivity index is 0.000000980. The maximum absolute atomic E-state index is 9.65. The van der Waals surface area contributed by atoms with Crippen molar-refractivity contribution < 1.29 is 22.2 Å². The molecule has 1 N–H and O–H groups in total. The Hall–Kier alpha value is -0.0305. The first-order valence-electron chi connectivity index (χ1n) is 3.62. The van der Waals surface area contributed by atoms with Crippen LogP contribution in [0, 0.1) is 3.57 Å². The Kier molecular flexibility index (Phi) is 4.01. The molecule has 0 fully saturated rings. The molecule has 5 heteroatoms. The Morgan fingerprint density at radius 2 is 2.14 bits per heavy atom. The third kappa shape index (κ3) is 1.98. The maximum Gasteiger partial charge on any atom is 0.155 e. The van der Waals surface area contributed by atoms with Crippen molar-refractivity contribution in [1.29, 1.82) is 0 Å². The zero-order valence-electron chi connectivity index (χ0n) is 6.84. The van der Waals surface area contributed by atoms with Crippen molar-refractivity contribution in [3.8, 4) is 5.75 Å². The van der Waals surface area contributed by atoms with Gasteiger partial charge in [-0.25, -0.2) is 0 Å². The molecule has 1 aromatic carbocycles. The third-order valence-electron chi connectivity index (χ3n) is 1.77. The van der Waals surface area contributed by atoms with Crippen molar-refractivity contribution in [3.05, 3.63) is 33.0 Å². The molecule has 0 unspecified atom stereocenters. The van der Waals surface area contributed by atoms with E-state index in [4.69, 9.17) is 11.6 Å². The summed E-state index contributed by atoms with van der Waals surface area (Å²) in [5.74, 6) is 0.195. The zero-order chi connectivity index (χ0) is 9.42.